The molecule has 0 spiro atoms. The van der Waals surface area contributed by atoms with Gasteiger partial charge >= 0.3 is 0 Å². The predicted octanol–water partition coefficient (Wildman–Crippen LogP) is 3.79. The standard InChI is InChI=1S/C14H16N2S/c1-11-15-13(10-17-11)14-8-5-9-16(14)12-6-3-2-4-7-12/h2-4,6-7,10,14H,5,8-9H2,1H3. The average molecular weight is 244 g/mol. The second kappa shape index (κ2) is 4.49. The molecule has 1 saturated heterocycles. The summed E-state index contributed by atoms with van der Waals surface area (Å²) >= 11 is 1.75. The monoisotopic (exact) mass is 244 g/mol. The van der Waals surface area contributed by atoms with Crippen LogP contribution in [0.4, 0.5) is 5.69 Å². The fourth-order valence-electron chi connectivity index (χ4n) is 2.54. The van der Waals surface area contributed by atoms with E-state index in [1.54, 1.807) is 11.3 Å². The van der Waals surface area contributed by atoms with Gasteiger partial charge in [0.05, 0.1) is 16.7 Å². The summed E-state index contributed by atoms with van der Waals surface area (Å²) in [6, 6.07) is 11.1. The Balaban J connectivity index is 1.90. The van der Waals surface area contributed by atoms with Gasteiger partial charge in [0.25, 0.3) is 0 Å². The molecule has 1 aliphatic rings. The third kappa shape index (κ3) is 2.07. The first-order valence-corrected chi connectivity index (χ1v) is 6.96. The molecule has 0 saturated carbocycles. The summed E-state index contributed by atoms with van der Waals surface area (Å²) < 4.78 is 0. The highest BCUT2D eigenvalue weighted by Gasteiger charge is 2.27. The van der Waals surface area contributed by atoms with Gasteiger partial charge in [-0.3, -0.25) is 0 Å². The number of benzene rings is 1. The molecular weight excluding hydrogens is 228 g/mol. The number of hydrogen-bond donors (Lipinski definition) is 0. The van der Waals surface area contributed by atoms with Crippen LogP contribution < -0.4 is 4.90 Å². The molecule has 1 aliphatic heterocycles. The molecule has 2 nitrogen and oxygen atoms in total. The Morgan fingerprint density at radius 1 is 1.29 bits per heavy atom. The smallest absolute Gasteiger partial charge is 0.0898 e. The molecule has 1 aromatic heterocycles. The van der Waals surface area contributed by atoms with Crippen molar-refractivity contribution in [2.45, 2.75) is 25.8 Å². The van der Waals surface area contributed by atoms with Gasteiger partial charge in [0.15, 0.2) is 0 Å². The highest BCUT2D eigenvalue weighted by molar-refractivity contribution is 7.09. The molecule has 88 valence electrons. The second-order valence-corrected chi connectivity index (χ2v) is 5.54. The van der Waals surface area contributed by atoms with Crippen molar-refractivity contribution >= 4 is 17.0 Å². The second-order valence-electron chi connectivity index (χ2n) is 4.48. The molecular formula is C14H16N2S. The van der Waals surface area contributed by atoms with E-state index in [-0.39, 0.29) is 0 Å². The lowest BCUT2D eigenvalue weighted by atomic mass is 10.1. The summed E-state index contributed by atoms with van der Waals surface area (Å²) in [7, 11) is 0. The number of thiazole rings is 1. The van der Waals surface area contributed by atoms with Gasteiger partial charge in [-0.25, -0.2) is 4.98 Å². The van der Waals surface area contributed by atoms with E-state index in [0.29, 0.717) is 6.04 Å². The third-order valence-corrected chi connectivity index (χ3v) is 4.11. The number of nitrogens with zero attached hydrogens (tertiary/aromatic N) is 2. The van der Waals surface area contributed by atoms with Crippen molar-refractivity contribution in [1.82, 2.24) is 4.98 Å². The van der Waals surface area contributed by atoms with Gasteiger partial charge < -0.3 is 4.90 Å². The Hall–Kier alpha value is -1.35. The third-order valence-electron chi connectivity index (χ3n) is 3.32. The molecule has 0 bridgehead atoms. The van der Waals surface area contributed by atoms with Gasteiger partial charge in [-0.15, -0.1) is 11.3 Å². The van der Waals surface area contributed by atoms with Crippen LogP contribution in [0.1, 0.15) is 29.6 Å². The van der Waals surface area contributed by atoms with Crippen molar-refractivity contribution in [3.8, 4) is 0 Å². The molecule has 0 radical (unpaired) electrons. The van der Waals surface area contributed by atoms with Gasteiger partial charge in [0.2, 0.25) is 0 Å². The average Bonchev–Trinajstić information content (AvgIpc) is 2.98. The van der Waals surface area contributed by atoms with Crippen LogP contribution in [0.3, 0.4) is 0 Å². The summed E-state index contributed by atoms with van der Waals surface area (Å²) in [5, 5.41) is 3.38. The minimum absolute atomic E-state index is 0.474. The van der Waals surface area contributed by atoms with E-state index in [1.165, 1.54) is 29.2 Å². The Bertz CT molecular complexity index is 492. The Labute approximate surface area is 106 Å². The minimum atomic E-state index is 0.474. The van der Waals surface area contributed by atoms with E-state index >= 15 is 0 Å². The highest BCUT2D eigenvalue weighted by Crippen LogP contribution is 2.36. The molecule has 2 aromatic rings. The van der Waals surface area contributed by atoms with Crippen molar-refractivity contribution in [2.75, 3.05) is 11.4 Å². The maximum absolute atomic E-state index is 4.65. The molecule has 1 atom stereocenters. The molecule has 17 heavy (non-hydrogen) atoms. The van der Waals surface area contributed by atoms with Crippen LogP contribution in [0.25, 0.3) is 0 Å². The zero-order valence-electron chi connectivity index (χ0n) is 9.97. The van der Waals surface area contributed by atoms with Crippen LogP contribution in [-0.4, -0.2) is 11.5 Å². The molecule has 1 unspecified atom stereocenters. The number of anilines is 1. The molecule has 2 heterocycles. The van der Waals surface area contributed by atoms with Crippen LogP contribution in [-0.2, 0) is 0 Å². The maximum atomic E-state index is 4.65. The van der Waals surface area contributed by atoms with E-state index in [0.717, 1.165) is 6.54 Å². The Morgan fingerprint density at radius 2 is 2.12 bits per heavy atom. The largest absolute Gasteiger partial charge is 0.363 e. The van der Waals surface area contributed by atoms with Crippen molar-refractivity contribution < 1.29 is 0 Å². The number of rotatable bonds is 2. The van der Waals surface area contributed by atoms with Crippen LogP contribution in [0.5, 0.6) is 0 Å². The van der Waals surface area contributed by atoms with Crippen molar-refractivity contribution in [1.29, 1.82) is 0 Å². The van der Waals surface area contributed by atoms with Crippen LogP contribution in [0.2, 0.25) is 0 Å². The lowest BCUT2D eigenvalue weighted by molar-refractivity contribution is 0.698. The van der Waals surface area contributed by atoms with Gasteiger partial charge in [0, 0.05) is 17.6 Å². The van der Waals surface area contributed by atoms with E-state index in [9.17, 15) is 0 Å². The Kier molecular flexibility index (Phi) is 2.85. The summed E-state index contributed by atoms with van der Waals surface area (Å²) in [6.45, 7) is 3.22. The zero-order valence-corrected chi connectivity index (χ0v) is 10.8. The topological polar surface area (TPSA) is 16.1 Å². The van der Waals surface area contributed by atoms with Crippen LogP contribution in [0.15, 0.2) is 35.7 Å². The van der Waals surface area contributed by atoms with E-state index in [4.69, 9.17) is 0 Å². The number of para-hydroxylation sites is 1. The lowest BCUT2D eigenvalue weighted by Gasteiger charge is -2.25. The fourth-order valence-corrected chi connectivity index (χ4v) is 3.20. The summed E-state index contributed by atoms with van der Waals surface area (Å²) in [5.74, 6) is 0. The van der Waals surface area contributed by atoms with Crippen molar-refractivity contribution in [3.63, 3.8) is 0 Å². The molecule has 3 rings (SSSR count). The molecule has 1 fully saturated rings. The molecule has 0 N–H and O–H groups in total. The summed E-state index contributed by atoms with van der Waals surface area (Å²) in [4.78, 5) is 7.13. The summed E-state index contributed by atoms with van der Waals surface area (Å²) in [5.41, 5.74) is 2.56. The molecule has 3 heteroatoms. The normalized spacial score (nSPS) is 19.8. The highest BCUT2D eigenvalue weighted by atomic mass is 32.1. The molecule has 0 aliphatic carbocycles. The van der Waals surface area contributed by atoms with E-state index < -0.39 is 0 Å². The maximum Gasteiger partial charge on any atom is 0.0898 e. The van der Waals surface area contributed by atoms with Gasteiger partial charge in [-0.2, -0.15) is 0 Å². The minimum Gasteiger partial charge on any atom is -0.363 e. The van der Waals surface area contributed by atoms with Crippen LogP contribution in [0, 0.1) is 6.92 Å². The Morgan fingerprint density at radius 3 is 2.82 bits per heavy atom. The van der Waals surface area contributed by atoms with E-state index in [1.807, 2.05) is 0 Å². The van der Waals surface area contributed by atoms with Gasteiger partial charge in [-0.05, 0) is 31.9 Å². The number of hydrogen-bond acceptors (Lipinski definition) is 3. The summed E-state index contributed by atoms with van der Waals surface area (Å²) in [6.07, 6.45) is 2.48. The quantitative estimate of drug-likeness (QED) is 0.799. The zero-order chi connectivity index (χ0) is 11.7. The predicted molar refractivity (Wildman–Crippen MR) is 72.6 cm³/mol. The fraction of sp³-hybridized carbons (Fsp3) is 0.357. The first-order chi connectivity index (χ1) is 8.34. The number of aryl methyl sites for hydroxylation is 1. The SMILES string of the molecule is Cc1nc(C2CCCN2c2ccccc2)cs1. The first kappa shape index (κ1) is 10.8. The van der Waals surface area contributed by atoms with Gasteiger partial charge in [-0.1, -0.05) is 18.2 Å². The van der Waals surface area contributed by atoms with E-state index in [2.05, 4.69) is 52.5 Å². The number of aromatic nitrogens is 1. The van der Waals surface area contributed by atoms with Gasteiger partial charge in [0.1, 0.15) is 0 Å². The van der Waals surface area contributed by atoms with Crippen molar-refractivity contribution in [3.05, 3.63) is 46.4 Å². The molecule has 1 aromatic carbocycles. The first-order valence-electron chi connectivity index (χ1n) is 6.08. The lowest BCUT2D eigenvalue weighted by Crippen LogP contribution is -2.22. The van der Waals surface area contributed by atoms with Crippen LogP contribution >= 0.6 is 11.3 Å². The molecule has 0 amide bonds. The van der Waals surface area contributed by atoms with Crippen molar-refractivity contribution in [2.24, 2.45) is 0 Å².